The average Bonchev–Trinajstić information content (AvgIpc) is 3.37. The quantitative estimate of drug-likeness (QED) is 0.576. The summed E-state index contributed by atoms with van der Waals surface area (Å²) in [6.45, 7) is -0.877. The molecule has 1 N–H and O–H groups in total. The molecule has 10 heteroatoms. The largest absolute Gasteiger partial charge is 0.490 e. The van der Waals surface area contributed by atoms with Gasteiger partial charge in [-0.1, -0.05) is 0 Å². The van der Waals surface area contributed by atoms with Gasteiger partial charge in [-0.2, -0.15) is 8.78 Å². The highest BCUT2D eigenvalue weighted by atomic mass is 32.1. The maximum atomic E-state index is 12.6. The van der Waals surface area contributed by atoms with Gasteiger partial charge in [0, 0.05) is 16.5 Å². The number of anilines is 1. The molecule has 7 nitrogen and oxygen atoms in total. The number of carbonyl (C=O) groups excluding carboxylic acids is 1. The van der Waals surface area contributed by atoms with Gasteiger partial charge in [0.2, 0.25) is 6.79 Å². The molecule has 1 aromatic heterocycles. The van der Waals surface area contributed by atoms with E-state index in [1.54, 1.807) is 18.4 Å². The molecule has 1 aliphatic rings. The molecule has 0 aliphatic carbocycles. The van der Waals surface area contributed by atoms with Crippen LogP contribution in [0.15, 0.2) is 41.8 Å². The van der Waals surface area contributed by atoms with Crippen molar-refractivity contribution in [2.24, 2.45) is 0 Å². The molecular formula is C20H16F2N2O5S. The number of hydrogen-bond acceptors (Lipinski definition) is 7. The summed E-state index contributed by atoms with van der Waals surface area (Å²) >= 11 is 1.26. The fourth-order valence-electron chi connectivity index (χ4n) is 2.80. The van der Waals surface area contributed by atoms with Crippen molar-refractivity contribution in [1.82, 2.24) is 4.98 Å². The lowest BCUT2D eigenvalue weighted by molar-refractivity contribution is -0.0514. The predicted octanol–water partition coefficient (Wildman–Crippen LogP) is 4.79. The molecule has 2 aromatic carbocycles. The van der Waals surface area contributed by atoms with Crippen LogP contribution in [0.25, 0.3) is 11.3 Å². The first-order valence-electron chi connectivity index (χ1n) is 8.92. The number of nitrogens with one attached hydrogen (secondary N) is 1. The first kappa shape index (κ1) is 19.9. The first-order valence-corrected chi connectivity index (χ1v) is 9.80. The molecule has 4 rings (SSSR count). The maximum absolute atomic E-state index is 12.6. The Morgan fingerprint density at radius 2 is 2.03 bits per heavy atom. The van der Waals surface area contributed by atoms with Crippen molar-refractivity contribution < 1.29 is 32.5 Å². The number of ether oxygens (including phenoxy) is 4. The standard InChI is InChI=1S/C20H16F2N2O5S/c1-2-26-17-8-12(4-6-15(17)29-19(21)22)18(25)24-20-23-13(9-30-20)11-3-5-14-16(7-11)28-10-27-14/h3-9,19H,2,10H2,1H3,(H,23,24,25). The lowest BCUT2D eigenvalue weighted by atomic mass is 10.1. The molecule has 0 atom stereocenters. The Bertz CT molecular complexity index is 1070. The maximum Gasteiger partial charge on any atom is 0.387 e. The summed E-state index contributed by atoms with van der Waals surface area (Å²) in [7, 11) is 0. The fraction of sp³-hybridized carbons (Fsp3) is 0.200. The van der Waals surface area contributed by atoms with Crippen molar-refractivity contribution in [1.29, 1.82) is 0 Å². The number of amides is 1. The van der Waals surface area contributed by atoms with Crippen LogP contribution in [0.2, 0.25) is 0 Å². The van der Waals surface area contributed by atoms with E-state index in [0.717, 1.165) is 5.56 Å². The molecular weight excluding hydrogens is 418 g/mol. The van der Waals surface area contributed by atoms with Crippen LogP contribution >= 0.6 is 11.3 Å². The van der Waals surface area contributed by atoms with Crippen molar-refractivity contribution in [2.45, 2.75) is 13.5 Å². The second-order valence-corrected chi connectivity index (χ2v) is 6.89. The van der Waals surface area contributed by atoms with E-state index in [0.29, 0.717) is 22.3 Å². The van der Waals surface area contributed by atoms with Gasteiger partial charge < -0.3 is 18.9 Å². The number of aromatic nitrogens is 1. The lowest BCUT2D eigenvalue weighted by Gasteiger charge is -2.12. The molecule has 156 valence electrons. The van der Waals surface area contributed by atoms with Crippen molar-refractivity contribution in [3.05, 3.63) is 47.3 Å². The van der Waals surface area contributed by atoms with E-state index in [2.05, 4.69) is 15.0 Å². The Labute approximate surface area is 174 Å². The summed E-state index contributed by atoms with van der Waals surface area (Å²) in [6.07, 6.45) is 0. The van der Waals surface area contributed by atoms with Crippen LogP contribution in [0.4, 0.5) is 13.9 Å². The van der Waals surface area contributed by atoms with E-state index >= 15 is 0 Å². The summed E-state index contributed by atoms with van der Waals surface area (Å²) in [5.41, 5.74) is 1.72. The number of hydrogen-bond donors (Lipinski definition) is 1. The van der Waals surface area contributed by atoms with Crippen molar-refractivity contribution in [2.75, 3.05) is 18.7 Å². The zero-order valence-corrected chi connectivity index (χ0v) is 16.5. The Hall–Kier alpha value is -3.40. The minimum Gasteiger partial charge on any atom is -0.490 e. The van der Waals surface area contributed by atoms with E-state index < -0.39 is 12.5 Å². The van der Waals surface area contributed by atoms with Gasteiger partial charge >= 0.3 is 6.61 Å². The second kappa shape index (κ2) is 8.54. The highest BCUT2D eigenvalue weighted by Crippen LogP contribution is 2.36. The molecule has 3 aromatic rings. The zero-order chi connectivity index (χ0) is 21.1. The van der Waals surface area contributed by atoms with Gasteiger partial charge in [-0.25, -0.2) is 4.98 Å². The number of nitrogens with zero attached hydrogens (tertiary/aromatic N) is 1. The third-order valence-electron chi connectivity index (χ3n) is 4.11. The van der Waals surface area contributed by atoms with Gasteiger partial charge in [0.15, 0.2) is 28.1 Å². The summed E-state index contributed by atoms with van der Waals surface area (Å²) in [5, 5.41) is 4.89. The Kier molecular flexibility index (Phi) is 5.66. The average molecular weight is 434 g/mol. The molecule has 2 heterocycles. The molecule has 0 saturated heterocycles. The number of carbonyl (C=O) groups is 1. The molecule has 1 aliphatic heterocycles. The minimum atomic E-state index is -2.99. The molecule has 0 spiro atoms. The van der Waals surface area contributed by atoms with Gasteiger partial charge in [0.05, 0.1) is 12.3 Å². The van der Waals surface area contributed by atoms with E-state index in [4.69, 9.17) is 14.2 Å². The van der Waals surface area contributed by atoms with Gasteiger partial charge in [0.1, 0.15) is 0 Å². The lowest BCUT2D eigenvalue weighted by Crippen LogP contribution is -2.12. The number of fused-ring (bicyclic) bond motifs is 1. The molecule has 0 radical (unpaired) electrons. The Morgan fingerprint density at radius 3 is 2.83 bits per heavy atom. The Morgan fingerprint density at radius 1 is 1.20 bits per heavy atom. The summed E-state index contributed by atoms with van der Waals surface area (Å²) in [6, 6.07) is 9.47. The molecule has 0 saturated carbocycles. The van der Waals surface area contributed by atoms with Gasteiger partial charge in [-0.05, 0) is 43.3 Å². The highest BCUT2D eigenvalue weighted by molar-refractivity contribution is 7.14. The monoisotopic (exact) mass is 434 g/mol. The van der Waals surface area contributed by atoms with E-state index in [-0.39, 0.29) is 30.5 Å². The number of thiazole rings is 1. The summed E-state index contributed by atoms with van der Waals surface area (Å²) in [4.78, 5) is 17.0. The van der Waals surface area contributed by atoms with Crippen LogP contribution in [0, 0.1) is 0 Å². The number of alkyl halides is 2. The van der Waals surface area contributed by atoms with Crippen LogP contribution < -0.4 is 24.3 Å². The van der Waals surface area contributed by atoms with E-state index in [1.165, 1.54) is 29.5 Å². The molecule has 0 fully saturated rings. The summed E-state index contributed by atoms with van der Waals surface area (Å²) < 4.78 is 45.4. The van der Waals surface area contributed by atoms with Crippen LogP contribution in [-0.2, 0) is 0 Å². The van der Waals surface area contributed by atoms with Crippen molar-refractivity contribution >= 4 is 22.4 Å². The zero-order valence-electron chi connectivity index (χ0n) is 15.7. The smallest absolute Gasteiger partial charge is 0.387 e. The Balaban J connectivity index is 1.50. The van der Waals surface area contributed by atoms with Crippen molar-refractivity contribution in [3.8, 4) is 34.3 Å². The van der Waals surface area contributed by atoms with E-state index in [9.17, 15) is 13.6 Å². The topological polar surface area (TPSA) is 78.9 Å². The normalized spacial score (nSPS) is 12.1. The van der Waals surface area contributed by atoms with Crippen LogP contribution in [-0.4, -0.2) is 30.9 Å². The number of benzene rings is 2. The van der Waals surface area contributed by atoms with Crippen LogP contribution in [0.5, 0.6) is 23.0 Å². The first-order chi connectivity index (χ1) is 14.5. The number of halogens is 2. The molecule has 30 heavy (non-hydrogen) atoms. The fourth-order valence-corrected chi connectivity index (χ4v) is 3.51. The number of rotatable bonds is 7. The van der Waals surface area contributed by atoms with Crippen LogP contribution in [0.3, 0.4) is 0 Å². The SMILES string of the molecule is CCOc1cc(C(=O)Nc2nc(-c3ccc4c(c3)OCO4)cs2)ccc1OC(F)F. The van der Waals surface area contributed by atoms with Gasteiger partial charge in [-0.15, -0.1) is 11.3 Å². The van der Waals surface area contributed by atoms with Crippen LogP contribution in [0.1, 0.15) is 17.3 Å². The highest BCUT2D eigenvalue weighted by Gasteiger charge is 2.17. The molecule has 0 unspecified atom stereocenters. The third kappa shape index (κ3) is 4.28. The van der Waals surface area contributed by atoms with Gasteiger partial charge in [-0.3, -0.25) is 10.1 Å². The second-order valence-electron chi connectivity index (χ2n) is 6.03. The predicted molar refractivity (Wildman–Crippen MR) is 106 cm³/mol. The molecule has 0 bridgehead atoms. The van der Waals surface area contributed by atoms with Gasteiger partial charge in [0.25, 0.3) is 5.91 Å². The third-order valence-corrected chi connectivity index (χ3v) is 4.87. The summed E-state index contributed by atoms with van der Waals surface area (Å²) in [5.74, 6) is 0.784. The molecule has 1 amide bonds. The van der Waals surface area contributed by atoms with E-state index in [1.807, 2.05) is 12.1 Å². The minimum absolute atomic E-state index is 0.0608. The van der Waals surface area contributed by atoms with Crippen molar-refractivity contribution in [3.63, 3.8) is 0 Å².